The third kappa shape index (κ3) is 4.58. The number of methoxy groups -OCH3 is 1. The highest BCUT2D eigenvalue weighted by atomic mass is 79.9. The van der Waals surface area contributed by atoms with Crippen LogP contribution in [0.2, 0.25) is 0 Å². The van der Waals surface area contributed by atoms with Crippen LogP contribution in [-0.2, 0) is 9.53 Å². The predicted molar refractivity (Wildman–Crippen MR) is 97.0 cm³/mol. The van der Waals surface area contributed by atoms with Gasteiger partial charge in [0.05, 0.1) is 21.5 Å². The number of halogens is 1. The zero-order valence-electron chi connectivity index (χ0n) is 13.3. The molecule has 0 aliphatic carbocycles. The highest BCUT2D eigenvalue weighted by Gasteiger charge is 2.21. The van der Waals surface area contributed by atoms with Crippen molar-refractivity contribution in [3.8, 4) is 5.75 Å². The molecule has 0 radical (unpaired) electrons. The van der Waals surface area contributed by atoms with Gasteiger partial charge in [-0.3, -0.25) is 9.59 Å². The molecule has 0 aliphatic rings. The van der Waals surface area contributed by atoms with Gasteiger partial charge in [0, 0.05) is 0 Å². The van der Waals surface area contributed by atoms with Gasteiger partial charge in [-0.2, -0.15) is 0 Å². The lowest BCUT2D eigenvalue weighted by Gasteiger charge is -2.15. The zero-order valence-corrected chi connectivity index (χ0v) is 15.7. The fourth-order valence-corrected chi connectivity index (χ4v) is 3.22. The number of thiophene rings is 1. The van der Waals surface area contributed by atoms with Gasteiger partial charge in [-0.1, -0.05) is 6.07 Å². The van der Waals surface area contributed by atoms with Crippen molar-refractivity contribution in [2.45, 2.75) is 13.0 Å². The lowest BCUT2D eigenvalue weighted by molar-refractivity contribution is -0.117. The van der Waals surface area contributed by atoms with Gasteiger partial charge in [0.15, 0.2) is 5.75 Å². The first kappa shape index (κ1) is 18.9. The van der Waals surface area contributed by atoms with Crippen molar-refractivity contribution in [3.05, 3.63) is 44.6 Å². The number of anilines is 1. The Bertz CT molecular complexity index is 821. The van der Waals surface area contributed by atoms with E-state index in [1.165, 1.54) is 43.6 Å². The highest BCUT2D eigenvalue weighted by Crippen LogP contribution is 2.28. The Morgan fingerprint density at radius 2 is 1.96 bits per heavy atom. The Kier molecular flexibility index (Phi) is 6.16. The minimum Gasteiger partial charge on any atom is -0.505 e. The van der Waals surface area contributed by atoms with Crippen molar-refractivity contribution in [2.75, 3.05) is 12.4 Å². The average Bonchev–Trinajstić information content (AvgIpc) is 3.02. The number of para-hydroxylation sites is 1. The summed E-state index contributed by atoms with van der Waals surface area (Å²) in [6, 6.07) is 6.82. The third-order valence-electron chi connectivity index (χ3n) is 3.24. The van der Waals surface area contributed by atoms with Crippen LogP contribution in [0.5, 0.6) is 5.75 Å². The molecular formula is C16H15BrN2O5S. The molecular weight excluding hydrogens is 412 g/mol. The minimum atomic E-state index is -0.852. The fourth-order valence-electron chi connectivity index (χ4n) is 1.93. The number of esters is 1. The van der Waals surface area contributed by atoms with Crippen molar-refractivity contribution in [1.82, 2.24) is 5.32 Å². The maximum absolute atomic E-state index is 12.2. The van der Waals surface area contributed by atoms with E-state index in [9.17, 15) is 19.5 Å². The molecule has 0 spiro atoms. The molecule has 9 heteroatoms. The number of amides is 2. The van der Waals surface area contributed by atoms with Gasteiger partial charge < -0.3 is 20.5 Å². The number of phenols is 1. The summed E-state index contributed by atoms with van der Waals surface area (Å²) >= 11 is 4.51. The van der Waals surface area contributed by atoms with Gasteiger partial charge in [0.1, 0.15) is 11.6 Å². The molecule has 3 N–H and O–H groups in total. The molecule has 1 aromatic heterocycles. The van der Waals surface area contributed by atoms with Gasteiger partial charge >= 0.3 is 5.97 Å². The summed E-state index contributed by atoms with van der Waals surface area (Å²) in [6.07, 6.45) is 0. The number of aromatic hydroxyl groups is 1. The zero-order chi connectivity index (χ0) is 18.6. The van der Waals surface area contributed by atoms with E-state index in [0.29, 0.717) is 4.88 Å². The van der Waals surface area contributed by atoms with Gasteiger partial charge in [-0.05, 0) is 47.1 Å². The van der Waals surface area contributed by atoms with E-state index in [4.69, 9.17) is 0 Å². The van der Waals surface area contributed by atoms with Gasteiger partial charge in [0.25, 0.3) is 5.91 Å². The van der Waals surface area contributed by atoms with Crippen LogP contribution in [-0.4, -0.2) is 36.0 Å². The molecule has 1 heterocycles. The number of ether oxygens (including phenoxy) is 1. The molecule has 2 rings (SSSR count). The van der Waals surface area contributed by atoms with Gasteiger partial charge in [0.2, 0.25) is 5.91 Å². The smallest absolute Gasteiger partial charge is 0.341 e. The van der Waals surface area contributed by atoms with Crippen LogP contribution in [0, 0.1) is 0 Å². The third-order valence-corrected chi connectivity index (χ3v) is 4.86. The summed E-state index contributed by atoms with van der Waals surface area (Å²) in [7, 11) is 1.19. The van der Waals surface area contributed by atoms with Crippen molar-refractivity contribution >= 4 is 50.7 Å². The number of hydrogen-bond donors (Lipinski definition) is 3. The molecule has 0 saturated heterocycles. The van der Waals surface area contributed by atoms with E-state index in [1.54, 1.807) is 12.1 Å². The molecule has 7 nitrogen and oxygen atoms in total. The molecule has 0 bridgehead atoms. The van der Waals surface area contributed by atoms with Crippen LogP contribution in [0.3, 0.4) is 0 Å². The van der Waals surface area contributed by atoms with E-state index < -0.39 is 23.7 Å². The van der Waals surface area contributed by atoms with Crippen molar-refractivity contribution < 1.29 is 24.2 Å². The van der Waals surface area contributed by atoms with E-state index in [0.717, 1.165) is 3.79 Å². The van der Waals surface area contributed by atoms with E-state index in [-0.39, 0.29) is 17.2 Å². The quantitative estimate of drug-likeness (QED) is 0.503. The maximum Gasteiger partial charge on any atom is 0.341 e. The Morgan fingerprint density at radius 3 is 2.56 bits per heavy atom. The number of carbonyl (C=O) groups is 3. The number of benzene rings is 1. The van der Waals surface area contributed by atoms with Gasteiger partial charge in [-0.25, -0.2) is 4.79 Å². The standard InChI is InChI=1S/C16H15BrN2O5S/c1-8(18-15(22)11-6-7-12(17)25-11)14(21)19-10-5-3-4-9(13(10)20)16(23)24-2/h3-8,20H,1-2H3,(H,18,22)(H,19,21). The Labute approximate surface area is 156 Å². The lowest BCUT2D eigenvalue weighted by atomic mass is 10.1. The first-order valence-electron chi connectivity index (χ1n) is 7.10. The predicted octanol–water partition coefficient (Wildman–Crippen LogP) is 2.76. The van der Waals surface area contributed by atoms with Crippen molar-refractivity contribution in [2.24, 2.45) is 0 Å². The highest BCUT2D eigenvalue weighted by molar-refractivity contribution is 9.11. The summed E-state index contributed by atoms with van der Waals surface area (Å²) in [5.41, 5.74) is -0.0201. The fraction of sp³-hybridized carbons (Fsp3) is 0.188. The summed E-state index contributed by atoms with van der Waals surface area (Å²) < 4.78 is 5.36. The number of rotatable bonds is 5. The molecule has 1 atom stereocenters. The summed E-state index contributed by atoms with van der Waals surface area (Å²) in [6.45, 7) is 1.51. The Morgan fingerprint density at radius 1 is 1.24 bits per heavy atom. The first-order valence-corrected chi connectivity index (χ1v) is 8.71. The van der Waals surface area contributed by atoms with E-state index in [1.807, 2.05) is 0 Å². The number of nitrogens with one attached hydrogen (secondary N) is 2. The largest absolute Gasteiger partial charge is 0.505 e. The second-order valence-electron chi connectivity index (χ2n) is 4.98. The first-order chi connectivity index (χ1) is 11.8. The van der Waals surface area contributed by atoms with Crippen LogP contribution >= 0.6 is 27.3 Å². The molecule has 0 fully saturated rings. The number of carbonyl (C=O) groups excluding carboxylic acids is 3. The summed E-state index contributed by atoms with van der Waals surface area (Å²) in [5, 5.41) is 15.1. The second-order valence-corrected chi connectivity index (χ2v) is 7.44. The van der Waals surface area contributed by atoms with Crippen LogP contribution < -0.4 is 10.6 Å². The van der Waals surface area contributed by atoms with Crippen LogP contribution in [0.1, 0.15) is 27.0 Å². The Hall–Kier alpha value is -2.39. The van der Waals surface area contributed by atoms with Crippen LogP contribution in [0.15, 0.2) is 34.1 Å². The number of hydrogen-bond acceptors (Lipinski definition) is 6. The molecule has 0 saturated carbocycles. The SMILES string of the molecule is COC(=O)c1cccc(NC(=O)C(C)NC(=O)c2ccc(Br)s2)c1O. The van der Waals surface area contributed by atoms with Crippen molar-refractivity contribution in [3.63, 3.8) is 0 Å². The van der Waals surface area contributed by atoms with Crippen molar-refractivity contribution in [1.29, 1.82) is 0 Å². The van der Waals surface area contributed by atoms with Gasteiger partial charge in [-0.15, -0.1) is 11.3 Å². The second kappa shape index (κ2) is 8.13. The average molecular weight is 427 g/mol. The topological polar surface area (TPSA) is 105 Å². The molecule has 2 amide bonds. The molecule has 1 aromatic carbocycles. The summed E-state index contributed by atoms with van der Waals surface area (Å²) in [5.74, 6) is -2.05. The molecule has 2 aromatic rings. The van der Waals surface area contributed by atoms with Crippen LogP contribution in [0.4, 0.5) is 5.69 Å². The molecule has 1 unspecified atom stereocenters. The van der Waals surface area contributed by atoms with Crippen LogP contribution in [0.25, 0.3) is 0 Å². The lowest BCUT2D eigenvalue weighted by Crippen LogP contribution is -2.41. The maximum atomic E-state index is 12.2. The molecule has 0 aliphatic heterocycles. The normalized spacial score (nSPS) is 11.5. The Balaban J connectivity index is 2.06. The van der Waals surface area contributed by atoms with E-state index in [2.05, 4.69) is 31.3 Å². The summed E-state index contributed by atoms with van der Waals surface area (Å²) in [4.78, 5) is 36.3. The van der Waals surface area contributed by atoms with E-state index >= 15 is 0 Å². The monoisotopic (exact) mass is 426 g/mol. The minimum absolute atomic E-state index is 0.0490. The number of phenolic OH excluding ortho intramolecular Hbond substituents is 1. The molecule has 25 heavy (non-hydrogen) atoms. The molecule has 132 valence electrons.